The van der Waals surface area contributed by atoms with Gasteiger partial charge in [-0.15, -0.1) is 0 Å². The Morgan fingerprint density at radius 3 is 2.50 bits per heavy atom. The lowest BCUT2D eigenvalue weighted by Gasteiger charge is -2.15. The highest BCUT2D eigenvalue weighted by atomic mass is 19.4. The molecule has 0 amide bonds. The fraction of sp³-hybridized carbons (Fsp3) is 0.240. The first-order valence-electron chi connectivity index (χ1n) is 11.0. The van der Waals surface area contributed by atoms with E-state index < -0.39 is 11.7 Å². The predicted molar refractivity (Wildman–Crippen MR) is 129 cm³/mol. The molecule has 0 bridgehead atoms. The molecular formula is C25H24F3N5O3. The third-order valence-corrected chi connectivity index (χ3v) is 5.12. The highest BCUT2D eigenvalue weighted by Crippen LogP contribution is 2.35. The van der Waals surface area contributed by atoms with E-state index in [1.165, 1.54) is 13.2 Å². The number of ether oxygens (including phenoxy) is 3. The van der Waals surface area contributed by atoms with E-state index in [1.54, 1.807) is 37.4 Å². The second kappa shape index (κ2) is 10.5. The van der Waals surface area contributed by atoms with Gasteiger partial charge in [0.25, 0.3) is 0 Å². The first-order valence-corrected chi connectivity index (χ1v) is 11.0. The molecule has 2 heterocycles. The fourth-order valence-corrected chi connectivity index (χ4v) is 3.56. The van der Waals surface area contributed by atoms with Crippen LogP contribution in [0.1, 0.15) is 17.0 Å². The van der Waals surface area contributed by atoms with Crippen LogP contribution in [0, 0.1) is 6.92 Å². The first kappa shape index (κ1) is 24.8. The first-order chi connectivity index (χ1) is 17.2. The largest absolute Gasteiger partial charge is 0.493 e. The molecule has 0 saturated carbocycles. The summed E-state index contributed by atoms with van der Waals surface area (Å²) in [6.07, 6.45) is -2.86. The van der Waals surface area contributed by atoms with E-state index in [1.807, 2.05) is 6.07 Å². The van der Waals surface area contributed by atoms with Crippen LogP contribution in [0.3, 0.4) is 0 Å². The maximum absolute atomic E-state index is 13.2. The number of hydrogen-bond acceptors (Lipinski definition) is 8. The van der Waals surface area contributed by atoms with E-state index in [-0.39, 0.29) is 25.4 Å². The SMILES string of the molecule is COc1cc2nc(C)nc(NCc3cc(N)cc(C(F)(F)F)c3)c2cc1OCCOc1ccccn1. The van der Waals surface area contributed by atoms with Crippen molar-refractivity contribution in [3.8, 4) is 17.4 Å². The van der Waals surface area contributed by atoms with E-state index in [9.17, 15) is 13.2 Å². The maximum Gasteiger partial charge on any atom is 0.416 e. The van der Waals surface area contributed by atoms with Crippen LogP contribution in [-0.2, 0) is 12.7 Å². The van der Waals surface area contributed by atoms with Gasteiger partial charge in [0.05, 0.1) is 18.2 Å². The van der Waals surface area contributed by atoms with Crippen LogP contribution in [0.2, 0.25) is 0 Å². The van der Waals surface area contributed by atoms with Gasteiger partial charge in [-0.3, -0.25) is 0 Å². The smallest absolute Gasteiger partial charge is 0.416 e. The Labute approximate surface area is 205 Å². The molecule has 0 atom stereocenters. The third kappa shape index (κ3) is 6.04. The maximum atomic E-state index is 13.2. The number of aromatic nitrogens is 3. The molecule has 4 aromatic rings. The van der Waals surface area contributed by atoms with Crippen molar-refractivity contribution in [3.63, 3.8) is 0 Å². The topological polar surface area (TPSA) is 104 Å². The van der Waals surface area contributed by atoms with Crippen molar-refractivity contribution >= 4 is 22.4 Å². The molecule has 0 radical (unpaired) electrons. The van der Waals surface area contributed by atoms with Crippen LogP contribution in [-0.4, -0.2) is 35.3 Å². The number of nitrogens with zero attached hydrogens (tertiary/aromatic N) is 3. The highest BCUT2D eigenvalue weighted by Gasteiger charge is 2.31. The predicted octanol–water partition coefficient (Wildman–Crippen LogP) is 5.01. The normalized spacial score (nSPS) is 11.4. The molecule has 2 aromatic heterocycles. The zero-order valence-corrected chi connectivity index (χ0v) is 19.6. The van der Waals surface area contributed by atoms with Crippen LogP contribution in [0.25, 0.3) is 10.9 Å². The molecule has 0 spiro atoms. The molecule has 4 rings (SSSR count). The van der Waals surface area contributed by atoms with Gasteiger partial charge in [0.1, 0.15) is 24.9 Å². The van der Waals surface area contributed by atoms with Gasteiger partial charge in [0.15, 0.2) is 11.5 Å². The molecule has 0 aliphatic rings. The number of anilines is 2. The standard InChI is InChI=1S/C25H24F3N5O3/c1-15-32-20-13-21(34-2)22(35-7-8-36-23-5-3-4-6-30-23)12-19(20)24(33-15)31-14-16-9-17(25(26,27)28)11-18(29)10-16/h3-6,9-13H,7-8,14,29H2,1-2H3,(H,31,32,33). The second-order valence-corrected chi connectivity index (χ2v) is 7.82. The van der Waals surface area contributed by atoms with Crippen molar-refractivity contribution in [2.75, 3.05) is 31.4 Å². The molecule has 36 heavy (non-hydrogen) atoms. The van der Waals surface area contributed by atoms with Crippen LogP contribution in [0.15, 0.2) is 54.7 Å². The summed E-state index contributed by atoms with van der Waals surface area (Å²) in [4.78, 5) is 13.0. The van der Waals surface area contributed by atoms with Gasteiger partial charge >= 0.3 is 6.18 Å². The minimum Gasteiger partial charge on any atom is -0.493 e. The Bertz CT molecular complexity index is 1350. The Morgan fingerprint density at radius 1 is 0.972 bits per heavy atom. The summed E-state index contributed by atoms with van der Waals surface area (Å²) in [5, 5.41) is 3.71. The summed E-state index contributed by atoms with van der Waals surface area (Å²) in [6, 6.07) is 12.2. The lowest BCUT2D eigenvalue weighted by atomic mass is 10.1. The van der Waals surface area contributed by atoms with E-state index in [2.05, 4.69) is 20.3 Å². The van der Waals surface area contributed by atoms with Gasteiger partial charge in [-0.05, 0) is 42.8 Å². The molecule has 11 heteroatoms. The summed E-state index contributed by atoms with van der Waals surface area (Å²) in [6.45, 7) is 2.26. The summed E-state index contributed by atoms with van der Waals surface area (Å²) in [5.74, 6) is 2.31. The van der Waals surface area contributed by atoms with Crippen molar-refractivity contribution < 1.29 is 27.4 Å². The van der Waals surface area contributed by atoms with Gasteiger partial charge in [-0.25, -0.2) is 15.0 Å². The average Bonchev–Trinajstić information content (AvgIpc) is 2.84. The Morgan fingerprint density at radius 2 is 1.78 bits per heavy atom. The third-order valence-electron chi connectivity index (χ3n) is 5.12. The number of benzene rings is 2. The van der Waals surface area contributed by atoms with Gasteiger partial charge < -0.3 is 25.3 Å². The molecule has 0 aliphatic heterocycles. The Hall–Kier alpha value is -4.28. The van der Waals surface area contributed by atoms with E-state index in [0.717, 1.165) is 12.1 Å². The summed E-state index contributed by atoms with van der Waals surface area (Å²) in [7, 11) is 1.52. The van der Waals surface area contributed by atoms with E-state index >= 15 is 0 Å². The minimum absolute atomic E-state index is 0.0266. The van der Waals surface area contributed by atoms with Crippen LogP contribution >= 0.6 is 0 Å². The fourth-order valence-electron chi connectivity index (χ4n) is 3.56. The van der Waals surface area contributed by atoms with Crippen molar-refractivity contribution in [2.24, 2.45) is 0 Å². The van der Waals surface area contributed by atoms with Crippen LogP contribution in [0.4, 0.5) is 24.7 Å². The summed E-state index contributed by atoms with van der Waals surface area (Å²) in [5.41, 5.74) is 5.86. The van der Waals surface area contributed by atoms with Crippen LogP contribution < -0.4 is 25.3 Å². The molecule has 2 aromatic carbocycles. The van der Waals surface area contributed by atoms with Crippen molar-refractivity contribution in [3.05, 3.63) is 71.7 Å². The van der Waals surface area contributed by atoms with Crippen molar-refractivity contribution in [2.45, 2.75) is 19.6 Å². The molecule has 188 valence electrons. The molecule has 8 nitrogen and oxygen atoms in total. The van der Waals surface area contributed by atoms with Gasteiger partial charge in [0, 0.05) is 35.9 Å². The van der Waals surface area contributed by atoms with E-state index in [0.29, 0.717) is 45.5 Å². The van der Waals surface area contributed by atoms with E-state index in [4.69, 9.17) is 19.9 Å². The Kier molecular flexibility index (Phi) is 7.28. The van der Waals surface area contributed by atoms with Gasteiger partial charge in [0.2, 0.25) is 5.88 Å². The monoisotopic (exact) mass is 499 g/mol. The zero-order valence-electron chi connectivity index (χ0n) is 19.6. The molecule has 0 unspecified atom stereocenters. The van der Waals surface area contributed by atoms with Gasteiger partial charge in [-0.2, -0.15) is 13.2 Å². The molecule has 3 N–H and O–H groups in total. The lowest BCUT2D eigenvalue weighted by molar-refractivity contribution is -0.137. The minimum atomic E-state index is -4.49. The van der Waals surface area contributed by atoms with Crippen LogP contribution in [0.5, 0.6) is 17.4 Å². The number of methoxy groups -OCH3 is 1. The lowest BCUT2D eigenvalue weighted by Crippen LogP contribution is -2.11. The number of nitrogens with one attached hydrogen (secondary N) is 1. The number of alkyl halides is 3. The second-order valence-electron chi connectivity index (χ2n) is 7.82. The molecular weight excluding hydrogens is 475 g/mol. The summed E-state index contributed by atoms with van der Waals surface area (Å²) < 4.78 is 56.4. The number of hydrogen-bond donors (Lipinski definition) is 2. The molecule has 0 aliphatic carbocycles. The number of fused-ring (bicyclic) bond motifs is 1. The molecule has 0 saturated heterocycles. The number of rotatable bonds is 9. The quantitative estimate of drug-likeness (QED) is 0.245. The van der Waals surface area contributed by atoms with Crippen molar-refractivity contribution in [1.82, 2.24) is 15.0 Å². The summed E-state index contributed by atoms with van der Waals surface area (Å²) >= 11 is 0. The zero-order chi connectivity index (χ0) is 25.7. The van der Waals surface area contributed by atoms with Gasteiger partial charge in [-0.1, -0.05) is 6.07 Å². The molecule has 0 fully saturated rings. The average molecular weight is 499 g/mol. The Balaban J connectivity index is 1.55. The number of nitrogens with two attached hydrogens (primary N) is 1. The number of pyridine rings is 1. The van der Waals surface area contributed by atoms with Crippen molar-refractivity contribution in [1.29, 1.82) is 0 Å². The number of aryl methyl sites for hydroxylation is 1. The highest BCUT2D eigenvalue weighted by molar-refractivity contribution is 5.91. The number of nitrogen functional groups attached to an aromatic ring is 1. The number of halogens is 3.